The fourth-order valence-corrected chi connectivity index (χ4v) is 4.67. The van der Waals surface area contributed by atoms with Crippen LogP contribution in [-0.2, 0) is 15.8 Å². The van der Waals surface area contributed by atoms with Crippen molar-refractivity contribution in [3.8, 4) is 0 Å². The van der Waals surface area contributed by atoms with Crippen molar-refractivity contribution in [2.75, 3.05) is 42.5 Å². The molecule has 2 heterocycles. The summed E-state index contributed by atoms with van der Waals surface area (Å²) in [6.07, 6.45) is -4.57. The molecule has 1 unspecified atom stereocenters. The highest BCUT2D eigenvalue weighted by atomic mass is 19.4. The van der Waals surface area contributed by atoms with Gasteiger partial charge in [0.15, 0.2) is 0 Å². The standard InChI is InChI=1S/C24H25F3N4O4/c1-15-4-3-5-19(16(15)2)30-14-17(12-22(30)32)23(33)29-10-8-28(9-11-29)20-7-6-18(24(25,26)27)13-21(20)31(34)35/h3-7,13,17H,8-12,14H2,1-2H3. The minimum absolute atomic E-state index is 0.0900. The van der Waals surface area contributed by atoms with Gasteiger partial charge in [-0.25, -0.2) is 0 Å². The van der Waals surface area contributed by atoms with Crippen LogP contribution in [0.25, 0.3) is 0 Å². The van der Waals surface area contributed by atoms with E-state index in [4.69, 9.17) is 0 Å². The van der Waals surface area contributed by atoms with Crippen LogP contribution in [-0.4, -0.2) is 54.4 Å². The number of aryl methyl sites for hydroxylation is 1. The molecule has 0 radical (unpaired) electrons. The molecule has 2 amide bonds. The number of carbonyl (C=O) groups excluding carboxylic acids is 2. The Morgan fingerprint density at radius 2 is 1.74 bits per heavy atom. The van der Waals surface area contributed by atoms with Crippen LogP contribution in [0.4, 0.5) is 30.2 Å². The van der Waals surface area contributed by atoms with E-state index in [-0.39, 0.29) is 56.6 Å². The van der Waals surface area contributed by atoms with E-state index >= 15 is 0 Å². The molecule has 186 valence electrons. The number of piperazine rings is 1. The number of carbonyl (C=O) groups is 2. The molecule has 0 aliphatic carbocycles. The third-order valence-corrected chi connectivity index (χ3v) is 6.77. The number of halogens is 3. The fraction of sp³-hybridized carbons (Fsp3) is 0.417. The first-order valence-corrected chi connectivity index (χ1v) is 11.2. The highest BCUT2D eigenvalue weighted by Gasteiger charge is 2.39. The van der Waals surface area contributed by atoms with Crippen molar-refractivity contribution < 1.29 is 27.7 Å². The number of benzene rings is 2. The van der Waals surface area contributed by atoms with Gasteiger partial charge in [0.2, 0.25) is 11.8 Å². The van der Waals surface area contributed by atoms with Crippen molar-refractivity contribution in [3.05, 3.63) is 63.2 Å². The molecule has 2 aliphatic heterocycles. The van der Waals surface area contributed by atoms with E-state index < -0.39 is 28.3 Å². The highest BCUT2D eigenvalue weighted by Crippen LogP contribution is 2.37. The molecule has 2 saturated heterocycles. The van der Waals surface area contributed by atoms with E-state index in [9.17, 15) is 32.9 Å². The number of amides is 2. The van der Waals surface area contributed by atoms with Crippen LogP contribution in [0.3, 0.4) is 0 Å². The Kier molecular flexibility index (Phi) is 6.44. The van der Waals surface area contributed by atoms with Gasteiger partial charge in [0.1, 0.15) is 5.69 Å². The van der Waals surface area contributed by atoms with E-state index in [2.05, 4.69) is 0 Å². The van der Waals surface area contributed by atoms with Crippen molar-refractivity contribution in [2.24, 2.45) is 5.92 Å². The van der Waals surface area contributed by atoms with Gasteiger partial charge in [0, 0.05) is 50.9 Å². The lowest BCUT2D eigenvalue weighted by atomic mass is 10.1. The average molecular weight is 490 g/mol. The Hall–Kier alpha value is -3.63. The summed E-state index contributed by atoms with van der Waals surface area (Å²) in [5.41, 5.74) is 1.22. The van der Waals surface area contributed by atoms with E-state index in [1.165, 1.54) is 0 Å². The summed E-state index contributed by atoms with van der Waals surface area (Å²) in [5.74, 6) is -0.766. The maximum absolute atomic E-state index is 13.1. The zero-order valence-electron chi connectivity index (χ0n) is 19.3. The zero-order chi connectivity index (χ0) is 25.5. The van der Waals surface area contributed by atoms with Crippen LogP contribution >= 0.6 is 0 Å². The van der Waals surface area contributed by atoms with Crippen molar-refractivity contribution >= 4 is 28.9 Å². The fourth-order valence-electron chi connectivity index (χ4n) is 4.67. The Morgan fingerprint density at radius 3 is 2.37 bits per heavy atom. The van der Waals surface area contributed by atoms with Gasteiger partial charge in [0.05, 0.1) is 16.4 Å². The minimum atomic E-state index is -4.68. The predicted octanol–water partition coefficient (Wildman–Crippen LogP) is 3.93. The number of hydrogen-bond donors (Lipinski definition) is 0. The lowest BCUT2D eigenvalue weighted by Gasteiger charge is -2.37. The molecule has 4 rings (SSSR count). The van der Waals surface area contributed by atoms with Crippen molar-refractivity contribution in [1.82, 2.24) is 4.90 Å². The third-order valence-electron chi connectivity index (χ3n) is 6.77. The summed E-state index contributed by atoms with van der Waals surface area (Å²) in [7, 11) is 0. The molecule has 2 aromatic carbocycles. The lowest BCUT2D eigenvalue weighted by molar-refractivity contribution is -0.384. The van der Waals surface area contributed by atoms with Gasteiger partial charge in [-0.2, -0.15) is 13.2 Å². The number of alkyl halides is 3. The third kappa shape index (κ3) is 4.80. The van der Waals surface area contributed by atoms with Crippen LogP contribution < -0.4 is 9.80 Å². The number of anilines is 2. The molecule has 0 spiro atoms. The molecule has 0 bridgehead atoms. The summed E-state index contributed by atoms with van der Waals surface area (Å²) in [6.45, 7) is 5.16. The van der Waals surface area contributed by atoms with Gasteiger partial charge in [-0.05, 0) is 43.2 Å². The Labute approximate surface area is 200 Å². The summed E-state index contributed by atoms with van der Waals surface area (Å²) < 4.78 is 39.0. The zero-order valence-corrected chi connectivity index (χ0v) is 19.3. The van der Waals surface area contributed by atoms with Crippen LogP contribution in [0.15, 0.2) is 36.4 Å². The second-order valence-corrected chi connectivity index (χ2v) is 8.90. The second-order valence-electron chi connectivity index (χ2n) is 8.90. The first kappa shape index (κ1) is 24.5. The minimum Gasteiger partial charge on any atom is -0.362 e. The van der Waals surface area contributed by atoms with E-state index in [1.807, 2.05) is 32.0 Å². The molecule has 35 heavy (non-hydrogen) atoms. The number of nitro groups is 1. The molecule has 0 aromatic heterocycles. The first-order chi connectivity index (χ1) is 16.5. The van der Waals surface area contributed by atoms with Crippen LogP contribution in [0.2, 0.25) is 0 Å². The molecule has 2 fully saturated rings. The van der Waals surface area contributed by atoms with Crippen LogP contribution in [0.1, 0.15) is 23.1 Å². The van der Waals surface area contributed by atoms with Crippen LogP contribution in [0, 0.1) is 29.9 Å². The maximum atomic E-state index is 13.1. The Balaban J connectivity index is 1.43. The normalized spacial score (nSPS) is 18.8. The van der Waals surface area contributed by atoms with Gasteiger partial charge in [-0.1, -0.05) is 12.1 Å². The molecule has 1 atom stereocenters. The Morgan fingerprint density at radius 1 is 1.06 bits per heavy atom. The molecule has 0 N–H and O–H groups in total. The number of nitro benzene ring substituents is 1. The SMILES string of the molecule is Cc1cccc(N2CC(C(=O)N3CCN(c4ccc(C(F)(F)F)cc4[N+](=O)[O-])CC3)CC2=O)c1C. The number of rotatable bonds is 4. The molecule has 11 heteroatoms. The van der Waals surface area contributed by atoms with E-state index in [1.54, 1.807) is 14.7 Å². The maximum Gasteiger partial charge on any atom is 0.416 e. The predicted molar refractivity (Wildman–Crippen MR) is 123 cm³/mol. The van der Waals surface area contributed by atoms with Crippen molar-refractivity contribution in [2.45, 2.75) is 26.4 Å². The van der Waals surface area contributed by atoms with Gasteiger partial charge >= 0.3 is 6.18 Å². The molecule has 0 saturated carbocycles. The van der Waals surface area contributed by atoms with Crippen molar-refractivity contribution in [1.29, 1.82) is 0 Å². The van der Waals surface area contributed by atoms with Gasteiger partial charge in [0.25, 0.3) is 5.69 Å². The summed E-state index contributed by atoms with van der Waals surface area (Å²) in [6, 6.07) is 8.17. The number of nitrogens with zero attached hydrogens (tertiary/aromatic N) is 4. The van der Waals surface area contributed by atoms with Crippen LogP contribution in [0.5, 0.6) is 0 Å². The topological polar surface area (TPSA) is 87.0 Å². The summed E-state index contributed by atoms with van der Waals surface area (Å²) in [4.78, 5) is 41.3. The van der Waals surface area contributed by atoms with E-state index in [0.717, 1.165) is 28.9 Å². The first-order valence-electron chi connectivity index (χ1n) is 11.2. The highest BCUT2D eigenvalue weighted by molar-refractivity contribution is 6.01. The van der Waals surface area contributed by atoms with E-state index in [0.29, 0.717) is 6.07 Å². The molecular formula is C24H25F3N4O4. The quantitative estimate of drug-likeness (QED) is 0.479. The van der Waals surface area contributed by atoms with Gasteiger partial charge < -0.3 is 14.7 Å². The molecular weight excluding hydrogens is 465 g/mol. The van der Waals surface area contributed by atoms with Crippen molar-refractivity contribution in [3.63, 3.8) is 0 Å². The average Bonchev–Trinajstić information content (AvgIpc) is 3.20. The Bertz CT molecular complexity index is 1180. The van der Waals surface area contributed by atoms with Gasteiger partial charge in [-0.3, -0.25) is 19.7 Å². The number of hydrogen-bond acceptors (Lipinski definition) is 5. The molecule has 2 aromatic rings. The monoisotopic (exact) mass is 490 g/mol. The largest absolute Gasteiger partial charge is 0.416 e. The summed E-state index contributed by atoms with van der Waals surface area (Å²) in [5, 5.41) is 11.4. The molecule has 2 aliphatic rings. The molecule has 8 nitrogen and oxygen atoms in total. The summed E-state index contributed by atoms with van der Waals surface area (Å²) >= 11 is 0. The van der Waals surface area contributed by atoms with Gasteiger partial charge in [-0.15, -0.1) is 0 Å². The lowest BCUT2D eigenvalue weighted by Crippen LogP contribution is -2.50. The smallest absolute Gasteiger partial charge is 0.362 e. The second kappa shape index (κ2) is 9.20.